The molecule has 0 saturated heterocycles. The summed E-state index contributed by atoms with van der Waals surface area (Å²) in [5.41, 5.74) is 0.870. The summed E-state index contributed by atoms with van der Waals surface area (Å²) in [6.07, 6.45) is 0.134. The van der Waals surface area contributed by atoms with Crippen LogP contribution in [0.5, 0.6) is 5.75 Å². The molecule has 2 N–H and O–H groups in total. The van der Waals surface area contributed by atoms with Crippen molar-refractivity contribution in [2.24, 2.45) is 0 Å². The van der Waals surface area contributed by atoms with Gasteiger partial charge in [-0.1, -0.05) is 11.6 Å². The van der Waals surface area contributed by atoms with Crippen LogP contribution in [0.25, 0.3) is 0 Å². The zero-order valence-corrected chi connectivity index (χ0v) is 13.1. The van der Waals surface area contributed by atoms with Crippen molar-refractivity contribution in [3.8, 4) is 5.75 Å². The lowest BCUT2D eigenvalue weighted by Crippen LogP contribution is -2.16. The zero-order valence-electron chi connectivity index (χ0n) is 12.3. The summed E-state index contributed by atoms with van der Waals surface area (Å²) < 4.78 is 31.0. The third-order valence-electron chi connectivity index (χ3n) is 3.03. The molecule has 0 bridgehead atoms. The number of carbonyl (C=O) groups is 1. The zero-order chi connectivity index (χ0) is 16.8. The Bertz CT molecular complexity index is 710. The molecule has 0 aromatic heterocycles. The van der Waals surface area contributed by atoms with Crippen LogP contribution in [0.4, 0.5) is 20.2 Å². The van der Waals surface area contributed by atoms with Crippen LogP contribution in [0.3, 0.4) is 0 Å². The maximum Gasteiger partial charge on any atom is 0.226 e. The highest BCUT2D eigenvalue weighted by molar-refractivity contribution is 6.30. The number of nitrogens with one attached hydrogen (secondary N) is 2. The van der Waals surface area contributed by atoms with Gasteiger partial charge < -0.3 is 15.4 Å². The first-order valence-electron chi connectivity index (χ1n) is 6.82. The topological polar surface area (TPSA) is 50.4 Å². The summed E-state index contributed by atoms with van der Waals surface area (Å²) in [4.78, 5) is 11.8. The first-order chi connectivity index (χ1) is 11.0. The molecule has 2 aromatic rings. The SMILES string of the molecule is COc1ccc(Cl)cc1NCCC(=O)Nc1ccc(F)c(F)c1. The van der Waals surface area contributed by atoms with Gasteiger partial charge in [-0.15, -0.1) is 0 Å². The average molecular weight is 341 g/mol. The Balaban J connectivity index is 1.87. The van der Waals surface area contributed by atoms with E-state index in [0.717, 1.165) is 12.1 Å². The van der Waals surface area contributed by atoms with Crippen molar-refractivity contribution in [3.63, 3.8) is 0 Å². The third-order valence-corrected chi connectivity index (χ3v) is 3.27. The fraction of sp³-hybridized carbons (Fsp3) is 0.188. The summed E-state index contributed by atoms with van der Waals surface area (Å²) in [5.74, 6) is -1.69. The van der Waals surface area contributed by atoms with E-state index in [2.05, 4.69) is 10.6 Å². The van der Waals surface area contributed by atoms with Gasteiger partial charge in [0.15, 0.2) is 11.6 Å². The monoisotopic (exact) mass is 340 g/mol. The molecule has 0 aliphatic heterocycles. The van der Waals surface area contributed by atoms with Gasteiger partial charge in [0.05, 0.1) is 12.8 Å². The van der Waals surface area contributed by atoms with E-state index in [-0.39, 0.29) is 18.0 Å². The molecule has 2 rings (SSSR count). The minimum absolute atomic E-state index is 0.134. The van der Waals surface area contributed by atoms with Crippen molar-refractivity contribution in [2.45, 2.75) is 6.42 Å². The fourth-order valence-corrected chi connectivity index (χ4v) is 2.10. The molecule has 122 valence electrons. The Labute approximate surface area is 137 Å². The van der Waals surface area contributed by atoms with E-state index in [0.29, 0.717) is 23.0 Å². The maximum absolute atomic E-state index is 13.1. The van der Waals surface area contributed by atoms with Crippen LogP contribution in [0.1, 0.15) is 6.42 Å². The summed E-state index contributed by atoms with van der Waals surface area (Å²) in [7, 11) is 1.53. The van der Waals surface area contributed by atoms with Crippen LogP contribution in [-0.2, 0) is 4.79 Å². The minimum Gasteiger partial charge on any atom is -0.495 e. The van der Waals surface area contributed by atoms with E-state index in [1.807, 2.05) is 0 Å². The second-order valence-corrected chi connectivity index (χ2v) is 5.13. The third kappa shape index (κ3) is 4.82. The lowest BCUT2D eigenvalue weighted by atomic mass is 10.2. The number of methoxy groups -OCH3 is 1. The summed E-state index contributed by atoms with van der Waals surface area (Å²) in [5, 5.41) is 6.07. The molecule has 0 unspecified atom stereocenters. The van der Waals surface area contributed by atoms with Gasteiger partial charge >= 0.3 is 0 Å². The van der Waals surface area contributed by atoms with Gasteiger partial charge in [0, 0.05) is 29.7 Å². The Hall–Kier alpha value is -2.34. The predicted octanol–water partition coefficient (Wildman–Crippen LogP) is 4.07. The molecule has 0 saturated carbocycles. The second-order valence-electron chi connectivity index (χ2n) is 4.70. The van der Waals surface area contributed by atoms with Crippen molar-refractivity contribution in [1.82, 2.24) is 0 Å². The summed E-state index contributed by atoms with van der Waals surface area (Å²) >= 11 is 5.91. The van der Waals surface area contributed by atoms with Crippen LogP contribution in [-0.4, -0.2) is 19.6 Å². The largest absolute Gasteiger partial charge is 0.495 e. The van der Waals surface area contributed by atoms with Crippen LogP contribution < -0.4 is 15.4 Å². The number of rotatable bonds is 6. The van der Waals surface area contributed by atoms with Crippen LogP contribution in [0, 0.1) is 11.6 Å². The van der Waals surface area contributed by atoms with Gasteiger partial charge in [0.1, 0.15) is 5.75 Å². The Morgan fingerprint density at radius 2 is 1.96 bits per heavy atom. The van der Waals surface area contributed by atoms with Crippen molar-refractivity contribution >= 4 is 28.9 Å². The highest BCUT2D eigenvalue weighted by Gasteiger charge is 2.07. The number of hydrogen-bond acceptors (Lipinski definition) is 3. The quantitative estimate of drug-likeness (QED) is 0.833. The van der Waals surface area contributed by atoms with Crippen molar-refractivity contribution < 1.29 is 18.3 Å². The van der Waals surface area contributed by atoms with E-state index in [4.69, 9.17) is 16.3 Å². The van der Waals surface area contributed by atoms with Crippen LogP contribution in [0.2, 0.25) is 5.02 Å². The molecule has 1 amide bonds. The Morgan fingerprint density at radius 3 is 2.65 bits per heavy atom. The number of amides is 1. The number of hydrogen-bond donors (Lipinski definition) is 2. The molecule has 0 aliphatic rings. The van der Waals surface area contributed by atoms with Crippen molar-refractivity contribution in [3.05, 3.63) is 53.1 Å². The highest BCUT2D eigenvalue weighted by atomic mass is 35.5. The molecule has 0 aliphatic carbocycles. The molecule has 0 fully saturated rings. The van der Waals surface area contributed by atoms with Gasteiger partial charge in [-0.3, -0.25) is 4.79 Å². The van der Waals surface area contributed by atoms with E-state index in [9.17, 15) is 13.6 Å². The van der Waals surface area contributed by atoms with Crippen molar-refractivity contribution in [2.75, 3.05) is 24.3 Å². The number of carbonyl (C=O) groups excluding carboxylic acids is 1. The standard InChI is InChI=1S/C16H15ClF2N2O2/c1-23-15-5-2-10(17)8-14(15)20-7-6-16(22)21-11-3-4-12(18)13(19)9-11/h2-5,8-9,20H,6-7H2,1H3,(H,21,22). The maximum atomic E-state index is 13.1. The van der Waals surface area contributed by atoms with Gasteiger partial charge in [0.2, 0.25) is 5.91 Å². The number of ether oxygens (including phenoxy) is 1. The highest BCUT2D eigenvalue weighted by Crippen LogP contribution is 2.27. The predicted molar refractivity (Wildman–Crippen MR) is 86.1 cm³/mol. The van der Waals surface area contributed by atoms with Gasteiger partial charge in [-0.25, -0.2) is 8.78 Å². The molecule has 0 heterocycles. The van der Waals surface area contributed by atoms with Crippen LogP contribution in [0.15, 0.2) is 36.4 Å². The molecule has 0 radical (unpaired) electrons. The molecule has 2 aromatic carbocycles. The van der Waals surface area contributed by atoms with Crippen molar-refractivity contribution in [1.29, 1.82) is 0 Å². The van der Waals surface area contributed by atoms with Gasteiger partial charge in [0.25, 0.3) is 0 Å². The molecule has 0 atom stereocenters. The van der Waals surface area contributed by atoms with Gasteiger partial charge in [-0.05, 0) is 30.3 Å². The summed E-state index contributed by atoms with van der Waals surface area (Å²) in [6.45, 7) is 0.326. The summed E-state index contributed by atoms with van der Waals surface area (Å²) in [6, 6.07) is 8.28. The first-order valence-corrected chi connectivity index (χ1v) is 7.19. The smallest absolute Gasteiger partial charge is 0.226 e. The molecule has 4 nitrogen and oxygen atoms in total. The molecule has 0 spiro atoms. The number of anilines is 2. The van der Waals surface area contributed by atoms with E-state index in [1.165, 1.54) is 13.2 Å². The fourth-order valence-electron chi connectivity index (χ4n) is 1.93. The van der Waals surface area contributed by atoms with E-state index < -0.39 is 11.6 Å². The average Bonchev–Trinajstić information content (AvgIpc) is 2.51. The lowest BCUT2D eigenvalue weighted by molar-refractivity contribution is -0.115. The second kappa shape index (κ2) is 7.78. The Kier molecular flexibility index (Phi) is 5.76. The molecule has 23 heavy (non-hydrogen) atoms. The first kappa shape index (κ1) is 17.0. The van der Waals surface area contributed by atoms with E-state index >= 15 is 0 Å². The lowest BCUT2D eigenvalue weighted by Gasteiger charge is -2.11. The molecular formula is C16H15ClF2N2O2. The van der Waals surface area contributed by atoms with Gasteiger partial charge in [-0.2, -0.15) is 0 Å². The van der Waals surface area contributed by atoms with E-state index in [1.54, 1.807) is 18.2 Å². The molecule has 7 heteroatoms. The molecular weight excluding hydrogens is 326 g/mol. The number of benzene rings is 2. The minimum atomic E-state index is -1.01. The number of halogens is 3. The normalized spacial score (nSPS) is 10.3. The van der Waals surface area contributed by atoms with Crippen LogP contribution >= 0.6 is 11.6 Å². The Morgan fingerprint density at radius 1 is 1.17 bits per heavy atom.